The molecule has 0 fully saturated rings. The summed E-state index contributed by atoms with van der Waals surface area (Å²) in [5, 5.41) is 6.72. The average Bonchev–Trinajstić information content (AvgIpc) is 3.01. The van der Waals surface area contributed by atoms with Gasteiger partial charge in [0.25, 0.3) is 0 Å². The molecule has 6 heteroatoms. The highest BCUT2D eigenvalue weighted by atomic mass is 16.5. The molecule has 0 aliphatic carbocycles. The summed E-state index contributed by atoms with van der Waals surface area (Å²) in [5.74, 6) is 1.64. The number of nitrogens with zero attached hydrogens (tertiary/aromatic N) is 3. The Balaban J connectivity index is 1.86. The summed E-state index contributed by atoms with van der Waals surface area (Å²) in [6.45, 7) is 3.19. The second kappa shape index (κ2) is 6.60. The molecule has 0 amide bonds. The topological polar surface area (TPSA) is 72.0 Å². The lowest BCUT2D eigenvalue weighted by molar-refractivity contribution is 0.197. The molecule has 110 valence electrons. The Bertz CT molecular complexity index is 603. The first-order valence-corrected chi connectivity index (χ1v) is 7.12. The second-order valence-corrected chi connectivity index (χ2v) is 4.94. The number of rotatable bonds is 6. The Morgan fingerprint density at radius 2 is 2.29 bits per heavy atom. The minimum atomic E-state index is 0.722. The van der Waals surface area contributed by atoms with Gasteiger partial charge in [0, 0.05) is 56.9 Å². The molecule has 1 aliphatic rings. The molecule has 0 saturated heterocycles. The Kier molecular flexibility index (Phi) is 4.37. The molecule has 1 aliphatic heterocycles. The van der Waals surface area contributed by atoms with Gasteiger partial charge in [-0.3, -0.25) is 4.98 Å². The Hall–Kier alpha value is -2.05. The first kappa shape index (κ1) is 13.9. The molecule has 2 aromatic heterocycles. The Morgan fingerprint density at radius 3 is 3.10 bits per heavy atom. The lowest BCUT2D eigenvalue weighted by Crippen LogP contribution is -2.10. The van der Waals surface area contributed by atoms with E-state index in [9.17, 15) is 0 Å². The fourth-order valence-corrected chi connectivity index (χ4v) is 2.36. The van der Waals surface area contributed by atoms with Gasteiger partial charge in [0.1, 0.15) is 5.82 Å². The van der Waals surface area contributed by atoms with Crippen LogP contribution in [-0.2, 0) is 17.8 Å². The van der Waals surface area contributed by atoms with Gasteiger partial charge in [0.2, 0.25) is 0 Å². The van der Waals surface area contributed by atoms with Gasteiger partial charge in [-0.25, -0.2) is 9.97 Å². The zero-order valence-corrected chi connectivity index (χ0v) is 12.1. The van der Waals surface area contributed by atoms with Gasteiger partial charge in [-0.15, -0.1) is 0 Å². The van der Waals surface area contributed by atoms with E-state index in [1.54, 1.807) is 19.5 Å². The Morgan fingerprint density at radius 1 is 1.33 bits per heavy atom. The number of hydrogen-bond donors (Lipinski definition) is 2. The second-order valence-electron chi connectivity index (χ2n) is 4.94. The van der Waals surface area contributed by atoms with Crippen molar-refractivity contribution in [2.45, 2.75) is 19.5 Å². The predicted octanol–water partition coefficient (Wildman–Crippen LogP) is 1.59. The molecule has 2 aromatic rings. The van der Waals surface area contributed by atoms with Crippen molar-refractivity contribution >= 4 is 5.82 Å². The molecule has 0 bridgehead atoms. The highest BCUT2D eigenvalue weighted by molar-refractivity contribution is 5.59. The minimum absolute atomic E-state index is 0.722. The highest BCUT2D eigenvalue weighted by Gasteiger charge is 2.19. The van der Waals surface area contributed by atoms with Crippen molar-refractivity contribution in [1.82, 2.24) is 20.3 Å². The standard InChI is InChI=1S/C15H19N5O/c1-21-7-3-6-18-15-12-9-17-10-13(12)19-14(20-15)11-4-2-5-16-8-11/h2,4-5,8,17H,3,6-7,9-10H2,1H3,(H,18,19,20). The van der Waals surface area contributed by atoms with E-state index < -0.39 is 0 Å². The summed E-state index contributed by atoms with van der Waals surface area (Å²) >= 11 is 0. The summed E-state index contributed by atoms with van der Waals surface area (Å²) in [7, 11) is 1.72. The number of ether oxygens (including phenoxy) is 1. The molecule has 0 radical (unpaired) electrons. The summed E-state index contributed by atoms with van der Waals surface area (Å²) in [6, 6.07) is 3.88. The molecular weight excluding hydrogens is 266 g/mol. The fourth-order valence-electron chi connectivity index (χ4n) is 2.36. The van der Waals surface area contributed by atoms with Gasteiger partial charge in [-0.2, -0.15) is 0 Å². The average molecular weight is 285 g/mol. The number of hydrogen-bond acceptors (Lipinski definition) is 6. The third-order valence-electron chi connectivity index (χ3n) is 3.42. The number of aromatic nitrogens is 3. The molecular formula is C15H19N5O. The third-order valence-corrected chi connectivity index (χ3v) is 3.42. The zero-order valence-electron chi connectivity index (χ0n) is 12.1. The van der Waals surface area contributed by atoms with Crippen LogP contribution in [0.25, 0.3) is 11.4 Å². The van der Waals surface area contributed by atoms with Crippen molar-refractivity contribution in [2.24, 2.45) is 0 Å². The summed E-state index contributed by atoms with van der Waals surface area (Å²) in [4.78, 5) is 13.5. The Labute approximate surface area is 124 Å². The van der Waals surface area contributed by atoms with E-state index >= 15 is 0 Å². The van der Waals surface area contributed by atoms with Crippen molar-refractivity contribution < 1.29 is 4.74 Å². The summed E-state index contributed by atoms with van der Waals surface area (Å²) in [6.07, 6.45) is 4.49. The van der Waals surface area contributed by atoms with Gasteiger partial charge in [0.15, 0.2) is 5.82 Å². The maximum Gasteiger partial charge on any atom is 0.163 e. The largest absolute Gasteiger partial charge is 0.385 e. The van der Waals surface area contributed by atoms with Crippen molar-refractivity contribution in [3.8, 4) is 11.4 Å². The molecule has 3 heterocycles. The number of anilines is 1. The minimum Gasteiger partial charge on any atom is -0.385 e. The highest BCUT2D eigenvalue weighted by Crippen LogP contribution is 2.25. The van der Waals surface area contributed by atoms with Crippen molar-refractivity contribution in [2.75, 3.05) is 25.6 Å². The van der Waals surface area contributed by atoms with Crippen LogP contribution in [0.4, 0.5) is 5.82 Å². The number of pyridine rings is 1. The summed E-state index contributed by atoms with van der Waals surface area (Å²) < 4.78 is 5.07. The molecule has 6 nitrogen and oxygen atoms in total. The molecule has 2 N–H and O–H groups in total. The van der Waals surface area contributed by atoms with Crippen molar-refractivity contribution in [3.63, 3.8) is 0 Å². The van der Waals surface area contributed by atoms with Gasteiger partial charge < -0.3 is 15.4 Å². The number of nitrogens with one attached hydrogen (secondary N) is 2. The van der Waals surface area contributed by atoms with E-state index in [1.807, 2.05) is 12.1 Å². The van der Waals surface area contributed by atoms with Crippen LogP contribution < -0.4 is 10.6 Å². The molecule has 0 atom stereocenters. The van der Waals surface area contributed by atoms with Gasteiger partial charge in [-0.05, 0) is 18.6 Å². The van der Waals surface area contributed by atoms with E-state index in [0.29, 0.717) is 0 Å². The van der Waals surface area contributed by atoms with Gasteiger partial charge in [-0.1, -0.05) is 0 Å². The lowest BCUT2D eigenvalue weighted by Gasteiger charge is -2.11. The van der Waals surface area contributed by atoms with Crippen molar-refractivity contribution in [1.29, 1.82) is 0 Å². The summed E-state index contributed by atoms with van der Waals surface area (Å²) in [5.41, 5.74) is 3.17. The first-order valence-electron chi connectivity index (χ1n) is 7.12. The number of methoxy groups -OCH3 is 1. The molecule has 21 heavy (non-hydrogen) atoms. The van der Waals surface area contributed by atoms with Crippen LogP contribution in [0.3, 0.4) is 0 Å². The molecule has 0 aromatic carbocycles. The van der Waals surface area contributed by atoms with E-state index in [0.717, 1.165) is 55.6 Å². The predicted molar refractivity (Wildman–Crippen MR) is 80.8 cm³/mol. The maximum absolute atomic E-state index is 5.07. The zero-order chi connectivity index (χ0) is 14.5. The van der Waals surface area contributed by atoms with Crippen LogP contribution in [0, 0.1) is 0 Å². The van der Waals surface area contributed by atoms with Crippen LogP contribution in [0.5, 0.6) is 0 Å². The first-order chi connectivity index (χ1) is 10.4. The SMILES string of the molecule is COCCCNc1nc(-c2cccnc2)nc2c1CNC2. The van der Waals surface area contributed by atoms with Crippen LogP contribution in [0.2, 0.25) is 0 Å². The molecule has 0 spiro atoms. The normalized spacial score (nSPS) is 13.2. The number of fused-ring (bicyclic) bond motifs is 1. The lowest BCUT2D eigenvalue weighted by atomic mass is 10.2. The van der Waals surface area contributed by atoms with E-state index in [2.05, 4.69) is 25.6 Å². The van der Waals surface area contributed by atoms with Gasteiger partial charge in [0.05, 0.1) is 5.69 Å². The quantitative estimate of drug-likeness (QED) is 0.785. The fraction of sp³-hybridized carbons (Fsp3) is 0.400. The van der Waals surface area contributed by atoms with Crippen LogP contribution in [-0.4, -0.2) is 35.2 Å². The van der Waals surface area contributed by atoms with E-state index in [-0.39, 0.29) is 0 Å². The monoisotopic (exact) mass is 285 g/mol. The molecule has 0 saturated carbocycles. The van der Waals surface area contributed by atoms with Crippen molar-refractivity contribution in [3.05, 3.63) is 35.8 Å². The molecule has 0 unspecified atom stereocenters. The smallest absolute Gasteiger partial charge is 0.163 e. The van der Waals surface area contributed by atoms with Crippen LogP contribution in [0.15, 0.2) is 24.5 Å². The van der Waals surface area contributed by atoms with Gasteiger partial charge >= 0.3 is 0 Å². The third kappa shape index (κ3) is 3.17. The molecule has 3 rings (SSSR count). The van der Waals surface area contributed by atoms with E-state index in [4.69, 9.17) is 4.74 Å². The van der Waals surface area contributed by atoms with E-state index in [1.165, 1.54) is 5.56 Å². The van der Waals surface area contributed by atoms with Crippen LogP contribution in [0.1, 0.15) is 17.7 Å². The maximum atomic E-state index is 5.07. The van der Waals surface area contributed by atoms with Crippen LogP contribution >= 0.6 is 0 Å².